The molecule has 0 saturated carbocycles. The first-order valence-electron chi connectivity index (χ1n) is 10.1. The molecule has 0 saturated heterocycles. The van der Waals surface area contributed by atoms with E-state index in [1.54, 1.807) is 14.1 Å². The van der Waals surface area contributed by atoms with Crippen molar-refractivity contribution in [3.8, 4) is 0 Å². The van der Waals surface area contributed by atoms with Crippen LogP contribution in [0.25, 0.3) is 0 Å². The van der Waals surface area contributed by atoms with Crippen molar-refractivity contribution in [3.63, 3.8) is 0 Å². The van der Waals surface area contributed by atoms with E-state index in [1.165, 1.54) is 17.9 Å². The van der Waals surface area contributed by atoms with Crippen LogP contribution in [0.3, 0.4) is 0 Å². The number of likely N-dealkylation sites (N-methyl/N-ethyl adjacent to an activating group) is 2. The maximum Gasteiger partial charge on any atom is 0.245 e. The summed E-state index contributed by atoms with van der Waals surface area (Å²) in [6.45, 7) is 16.8. The second kappa shape index (κ2) is 10.2. The molecule has 0 heterocycles. The van der Waals surface area contributed by atoms with E-state index in [-0.39, 0.29) is 28.7 Å². The second-order valence-corrected chi connectivity index (χ2v) is 10.2. The fourth-order valence-electron chi connectivity index (χ4n) is 3.26. The SMILES string of the molecule is CN[C@H](C(=O)N[C@H](C(=O)N(C)C(/C=C(\C)C(=O)[O-])C(C)C)C(C)(C)C)C(C)(C)C. The molecular weight excluding hydrogens is 370 g/mol. The standard InChI is InChI=1S/C22H41N3O4/c1-13(2)15(12-14(3)20(28)29)25(11)19(27)17(22(7,8)9)24-18(26)16(23-10)21(4,5)6/h12-13,15-17,23H,1-11H3,(H,24,26)(H,28,29)/p-1/b14-12+/t15?,16-,17-/m1/s1. The quantitative estimate of drug-likeness (QED) is 0.588. The molecule has 2 N–H and O–H groups in total. The van der Waals surface area contributed by atoms with Gasteiger partial charge in [0, 0.05) is 7.05 Å². The van der Waals surface area contributed by atoms with E-state index in [9.17, 15) is 19.5 Å². The Labute approximate surface area is 176 Å². The maximum atomic E-state index is 13.4. The van der Waals surface area contributed by atoms with Crippen LogP contribution >= 0.6 is 0 Å². The molecule has 0 aliphatic heterocycles. The monoisotopic (exact) mass is 410 g/mol. The van der Waals surface area contributed by atoms with Crippen molar-refractivity contribution in [2.24, 2.45) is 16.7 Å². The highest BCUT2D eigenvalue weighted by molar-refractivity contribution is 5.91. The van der Waals surface area contributed by atoms with E-state index >= 15 is 0 Å². The fourth-order valence-corrected chi connectivity index (χ4v) is 3.26. The number of hydrogen-bond acceptors (Lipinski definition) is 5. The fraction of sp³-hybridized carbons (Fsp3) is 0.773. The maximum absolute atomic E-state index is 13.4. The molecule has 0 rings (SSSR count). The number of aliphatic carboxylic acids is 1. The van der Waals surface area contributed by atoms with Gasteiger partial charge in [0.05, 0.1) is 18.1 Å². The Morgan fingerprint density at radius 2 is 1.41 bits per heavy atom. The van der Waals surface area contributed by atoms with Crippen LogP contribution in [0.15, 0.2) is 11.6 Å². The number of nitrogens with zero attached hydrogens (tertiary/aromatic N) is 1. The first kappa shape index (κ1) is 27.1. The van der Waals surface area contributed by atoms with Gasteiger partial charge in [-0.15, -0.1) is 0 Å². The lowest BCUT2D eigenvalue weighted by atomic mass is 9.83. The molecule has 0 radical (unpaired) electrons. The van der Waals surface area contributed by atoms with E-state index in [4.69, 9.17) is 0 Å². The Balaban J connectivity index is 5.89. The Morgan fingerprint density at radius 1 is 0.966 bits per heavy atom. The van der Waals surface area contributed by atoms with Crippen molar-refractivity contribution >= 4 is 17.8 Å². The van der Waals surface area contributed by atoms with Gasteiger partial charge in [-0.1, -0.05) is 61.5 Å². The molecule has 3 atom stereocenters. The van der Waals surface area contributed by atoms with E-state index < -0.39 is 29.5 Å². The van der Waals surface area contributed by atoms with Gasteiger partial charge < -0.3 is 25.4 Å². The number of amides is 2. The van der Waals surface area contributed by atoms with Gasteiger partial charge in [0.25, 0.3) is 0 Å². The molecule has 7 nitrogen and oxygen atoms in total. The van der Waals surface area contributed by atoms with Crippen molar-refractivity contribution in [3.05, 3.63) is 11.6 Å². The lowest BCUT2D eigenvalue weighted by molar-refractivity contribution is -0.299. The smallest absolute Gasteiger partial charge is 0.245 e. The van der Waals surface area contributed by atoms with Crippen LogP contribution in [-0.4, -0.2) is 54.9 Å². The van der Waals surface area contributed by atoms with Gasteiger partial charge in [-0.05, 0) is 36.3 Å². The summed E-state index contributed by atoms with van der Waals surface area (Å²) in [6.07, 6.45) is 1.53. The highest BCUT2D eigenvalue weighted by atomic mass is 16.4. The Bertz CT molecular complexity index is 627. The molecule has 168 valence electrons. The average molecular weight is 411 g/mol. The summed E-state index contributed by atoms with van der Waals surface area (Å²) in [5.41, 5.74) is -0.792. The minimum absolute atomic E-state index is 0.0193. The Hall–Kier alpha value is -1.89. The first-order chi connectivity index (χ1) is 12.9. The molecule has 0 fully saturated rings. The van der Waals surface area contributed by atoms with Crippen molar-refractivity contribution in [1.29, 1.82) is 0 Å². The molecule has 0 aliphatic rings. The van der Waals surface area contributed by atoms with Crippen LogP contribution in [0.4, 0.5) is 0 Å². The molecule has 0 aromatic rings. The van der Waals surface area contributed by atoms with Gasteiger partial charge in [0.1, 0.15) is 6.04 Å². The summed E-state index contributed by atoms with van der Waals surface area (Å²) in [5.74, 6) is -1.80. The molecule has 0 aliphatic carbocycles. The zero-order valence-electron chi connectivity index (χ0n) is 20.0. The molecule has 2 amide bonds. The number of nitrogens with one attached hydrogen (secondary N) is 2. The molecule has 0 aromatic heterocycles. The minimum Gasteiger partial charge on any atom is -0.545 e. The van der Waals surface area contributed by atoms with E-state index in [2.05, 4.69) is 10.6 Å². The lowest BCUT2D eigenvalue weighted by Gasteiger charge is -2.39. The van der Waals surface area contributed by atoms with Crippen molar-refractivity contribution < 1.29 is 19.5 Å². The van der Waals surface area contributed by atoms with Crippen LogP contribution in [0.1, 0.15) is 62.3 Å². The number of carboxylic acids is 1. The third-order valence-electron chi connectivity index (χ3n) is 5.04. The van der Waals surface area contributed by atoms with Crippen LogP contribution in [0.2, 0.25) is 0 Å². The van der Waals surface area contributed by atoms with Crippen molar-refractivity contribution in [1.82, 2.24) is 15.5 Å². The molecule has 0 spiro atoms. The molecule has 0 aromatic carbocycles. The number of rotatable bonds is 8. The second-order valence-electron chi connectivity index (χ2n) is 10.2. The van der Waals surface area contributed by atoms with E-state index in [1.807, 2.05) is 55.4 Å². The predicted octanol–water partition coefficient (Wildman–Crippen LogP) is 1.33. The van der Waals surface area contributed by atoms with Crippen LogP contribution < -0.4 is 15.7 Å². The molecular formula is C22H40N3O4-. The summed E-state index contributed by atoms with van der Waals surface area (Å²) in [5, 5.41) is 17.1. The summed E-state index contributed by atoms with van der Waals surface area (Å²) in [6, 6.07) is -1.67. The third kappa shape index (κ3) is 7.80. The number of carboxylic acid groups (broad SMARTS) is 1. The lowest BCUT2D eigenvalue weighted by Crippen LogP contribution is -2.60. The molecule has 1 unspecified atom stereocenters. The van der Waals surface area contributed by atoms with Gasteiger partial charge in [0.15, 0.2) is 0 Å². The van der Waals surface area contributed by atoms with Crippen molar-refractivity contribution in [2.75, 3.05) is 14.1 Å². The topological polar surface area (TPSA) is 102 Å². The average Bonchev–Trinajstić information content (AvgIpc) is 2.53. The zero-order chi connectivity index (χ0) is 23.3. The highest BCUT2D eigenvalue weighted by Gasteiger charge is 2.39. The first-order valence-corrected chi connectivity index (χ1v) is 10.1. The van der Waals surface area contributed by atoms with Gasteiger partial charge >= 0.3 is 0 Å². The van der Waals surface area contributed by atoms with Crippen LogP contribution in [0.5, 0.6) is 0 Å². The van der Waals surface area contributed by atoms with Gasteiger partial charge in [0.2, 0.25) is 11.8 Å². The summed E-state index contributed by atoms with van der Waals surface area (Å²) in [7, 11) is 3.36. The summed E-state index contributed by atoms with van der Waals surface area (Å²) < 4.78 is 0. The van der Waals surface area contributed by atoms with Crippen molar-refractivity contribution in [2.45, 2.75) is 80.4 Å². The van der Waals surface area contributed by atoms with Gasteiger partial charge in [-0.2, -0.15) is 0 Å². The Kier molecular flexibility index (Phi) is 9.57. The Morgan fingerprint density at radius 3 is 1.72 bits per heavy atom. The predicted molar refractivity (Wildman–Crippen MR) is 114 cm³/mol. The zero-order valence-corrected chi connectivity index (χ0v) is 20.0. The largest absolute Gasteiger partial charge is 0.545 e. The number of hydrogen-bond donors (Lipinski definition) is 2. The van der Waals surface area contributed by atoms with Gasteiger partial charge in [-0.25, -0.2) is 0 Å². The molecule has 0 bridgehead atoms. The molecule has 29 heavy (non-hydrogen) atoms. The van der Waals surface area contributed by atoms with Crippen LogP contribution in [-0.2, 0) is 14.4 Å². The normalized spacial score (nSPS) is 16.2. The number of carbonyl (C=O) groups excluding carboxylic acids is 3. The number of carbonyl (C=O) groups is 3. The minimum atomic E-state index is -1.26. The highest BCUT2D eigenvalue weighted by Crippen LogP contribution is 2.25. The molecule has 7 heteroatoms. The third-order valence-corrected chi connectivity index (χ3v) is 5.04. The summed E-state index contributed by atoms with van der Waals surface area (Å²) >= 11 is 0. The van der Waals surface area contributed by atoms with Crippen LogP contribution in [0, 0.1) is 16.7 Å². The van der Waals surface area contributed by atoms with Gasteiger partial charge in [-0.3, -0.25) is 9.59 Å². The van der Waals surface area contributed by atoms with E-state index in [0.29, 0.717) is 0 Å². The summed E-state index contributed by atoms with van der Waals surface area (Å²) in [4.78, 5) is 39.0. The van der Waals surface area contributed by atoms with E-state index in [0.717, 1.165) is 0 Å².